The van der Waals surface area contributed by atoms with Crippen molar-refractivity contribution in [3.05, 3.63) is 48.4 Å². The highest BCUT2D eigenvalue weighted by Gasteiger charge is 2.35. The number of imidazole rings is 2. The van der Waals surface area contributed by atoms with Crippen molar-refractivity contribution in [2.24, 2.45) is 0 Å². The van der Waals surface area contributed by atoms with Crippen molar-refractivity contribution in [2.45, 2.75) is 24.9 Å². The smallest absolute Gasteiger partial charge is 0.339 e. The monoisotopic (exact) mass is 384 g/mol. The van der Waals surface area contributed by atoms with Crippen molar-refractivity contribution in [2.75, 3.05) is 0 Å². The van der Waals surface area contributed by atoms with Crippen LogP contribution in [0.1, 0.15) is 30.2 Å². The summed E-state index contributed by atoms with van der Waals surface area (Å²) >= 11 is 0. The van der Waals surface area contributed by atoms with Crippen LogP contribution in [0.5, 0.6) is 0 Å². The summed E-state index contributed by atoms with van der Waals surface area (Å²) in [5, 5.41) is 4.04. The fraction of sp³-hybridized carbons (Fsp3) is 0.222. The van der Waals surface area contributed by atoms with Crippen LogP contribution in [0, 0.1) is 0 Å². The average molecular weight is 384 g/mol. The molecule has 10 heteroatoms. The van der Waals surface area contributed by atoms with Gasteiger partial charge in [0.1, 0.15) is 12.0 Å². The maximum Gasteiger partial charge on any atom is 0.417 e. The van der Waals surface area contributed by atoms with E-state index in [1.165, 1.54) is 18.6 Å². The third-order valence-corrected chi connectivity index (χ3v) is 5.02. The van der Waals surface area contributed by atoms with Gasteiger partial charge < -0.3 is 4.52 Å². The highest BCUT2D eigenvalue weighted by Crippen LogP contribution is 2.40. The Morgan fingerprint density at radius 1 is 1.11 bits per heavy atom. The van der Waals surface area contributed by atoms with Crippen molar-refractivity contribution in [1.82, 2.24) is 28.9 Å². The number of rotatable bonds is 2. The number of aromatic nitrogens is 6. The average Bonchev–Trinajstić information content (AvgIpc) is 3.10. The zero-order valence-electron chi connectivity index (χ0n) is 14.2. The third kappa shape index (κ3) is 2.05. The van der Waals surface area contributed by atoms with Crippen LogP contribution in [-0.4, -0.2) is 28.9 Å². The van der Waals surface area contributed by atoms with Crippen LogP contribution in [-0.2, 0) is 6.18 Å². The highest BCUT2D eigenvalue weighted by atomic mass is 19.4. The maximum atomic E-state index is 13.6. The van der Waals surface area contributed by atoms with Crippen molar-refractivity contribution in [3.63, 3.8) is 0 Å². The van der Waals surface area contributed by atoms with E-state index in [0.29, 0.717) is 34.5 Å². The second kappa shape index (κ2) is 5.09. The highest BCUT2D eigenvalue weighted by molar-refractivity contribution is 5.98. The molecule has 1 saturated carbocycles. The molecule has 4 heterocycles. The molecule has 5 aromatic rings. The van der Waals surface area contributed by atoms with Gasteiger partial charge in [-0.2, -0.15) is 18.2 Å². The minimum absolute atomic E-state index is 0.0169. The van der Waals surface area contributed by atoms with Gasteiger partial charge in [0.05, 0.1) is 16.5 Å². The van der Waals surface area contributed by atoms with Gasteiger partial charge >= 0.3 is 6.18 Å². The molecule has 7 nitrogen and oxygen atoms in total. The van der Waals surface area contributed by atoms with Crippen molar-refractivity contribution >= 4 is 22.2 Å². The minimum atomic E-state index is -4.50. The molecule has 0 amide bonds. The zero-order valence-corrected chi connectivity index (χ0v) is 14.2. The molecule has 0 radical (unpaired) electrons. The van der Waals surface area contributed by atoms with Gasteiger partial charge in [0, 0.05) is 18.3 Å². The van der Waals surface area contributed by atoms with Gasteiger partial charge in [-0.05, 0) is 25.0 Å². The van der Waals surface area contributed by atoms with E-state index in [0.717, 1.165) is 18.9 Å². The molecule has 1 fully saturated rings. The van der Waals surface area contributed by atoms with Crippen LogP contribution in [0.3, 0.4) is 0 Å². The van der Waals surface area contributed by atoms with Crippen LogP contribution in [0.15, 0.2) is 41.4 Å². The summed E-state index contributed by atoms with van der Waals surface area (Å²) in [6, 6.07) is 4.05. The summed E-state index contributed by atoms with van der Waals surface area (Å²) < 4.78 is 49.3. The van der Waals surface area contributed by atoms with Crippen LogP contribution in [0.25, 0.3) is 33.7 Å². The molecule has 0 saturated heterocycles. The van der Waals surface area contributed by atoms with E-state index in [-0.39, 0.29) is 11.0 Å². The normalized spacial score (nSPS) is 15.2. The summed E-state index contributed by atoms with van der Waals surface area (Å²) in [4.78, 5) is 13.0. The summed E-state index contributed by atoms with van der Waals surface area (Å²) in [5.41, 5.74) is 0.769. The summed E-state index contributed by atoms with van der Waals surface area (Å²) in [6.45, 7) is 0. The molecule has 1 aliphatic rings. The molecule has 1 aliphatic carbocycles. The Bertz CT molecular complexity index is 1380. The molecule has 0 N–H and O–H groups in total. The summed E-state index contributed by atoms with van der Waals surface area (Å²) in [5.74, 6) is 1.17. The fourth-order valence-electron chi connectivity index (χ4n) is 3.61. The number of hydrogen-bond donors (Lipinski definition) is 0. The molecule has 1 aromatic carbocycles. The number of hydrogen-bond acceptors (Lipinski definition) is 5. The quantitative estimate of drug-likeness (QED) is 0.459. The van der Waals surface area contributed by atoms with E-state index < -0.39 is 11.7 Å². The molecule has 140 valence electrons. The Balaban J connectivity index is 1.72. The van der Waals surface area contributed by atoms with Gasteiger partial charge in [-0.1, -0.05) is 11.2 Å². The van der Waals surface area contributed by atoms with Gasteiger partial charge in [-0.25, -0.2) is 9.97 Å². The number of benzene rings is 1. The molecule has 0 aliphatic heterocycles. The Morgan fingerprint density at radius 3 is 2.75 bits per heavy atom. The SMILES string of the molecule is FC(F)(F)c1cccc2c1c1nccn1c1c(-c3noc(C4CC4)n3)ncn21. The molecular weight excluding hydrogens is 373 g/mol. The number of nitrogens with zero attached hydrogens (tertiary/aromatic N) is 6. The predicted molar refractivity (Wildman–Crippen MR) is 91.7 cm³/mol. The first kappa shape index (κ1) is 15.6. The summed E-state index contributed by atoms with van der Waals surface area (Å²) in [7, 11) is 0. The van der Waals surface area contributed by atoms with Crippen LogP contribution >= 0.6 is 0 Å². The molecule has 0 bridgehead atoms. The topological polar surface area (TPSA) is 73.5 Å². The molecule has 0 unspecified atom stereocenters. The Morgan fingerprint density at radius 2 is 1.96 bits per heavy atom. The Hall–Kier alpha value is -3.43. The first-order valence-corrected chi connectivity index (χ1v) is 8.68. The van der Waals surface area contributed by atoms with Crippen molar-refractivity contribution in [1.29, 1.82) is 0 Å². The molecule has 4 aromatic heterocycles. The first-order chi connectivity index (χ1) is 13.5. The van der Waals surface area contributed by atoms with Crippen LogP contribution in [0.4, 0.5) is 13.2 Å². The van der Waals surface area contributed by atoms with E-state index in [2.05, 4.69) is 20.1 Å². The lowest BCUT2D eigenvalue weighted by Gasteiger charge is -2.13. The fourth-order valence-corrected chi connectivity index (χ4v) is 3.61. The van der Waals surface area contributed by atoms with E-state index in [1.807, 2.05) is 0 Å². The molecule has 28 heavy (non-hydrogen) atoms. The molecule has 0 atom stereocenters. The minimum Gasteiger partial charge on any atom is -0.339 e. The zero-order chi connectivity index (χ0) is 19.0. The van der Waals surface area contributed by atoms with Crippen molar-refractivity contribution in [3.8, 4) is 11.5 Å². The predicted octanol–water partition coefficient (Wildman–Crippen LogP) is 4.08. The first-order valence-electron chi connectivity index (χ1n) is 8.68. The Kier molecular flexibility index (Phi) is 2.84. The second-order valence-electron chi connectivity index (χ2n) is 6.84. The maximum absolute atomic E-state index is 13.6. The molecule has 0 spiro atoms. The van der Waals surface area contributed by atoms with E-state index >= 15 is 0 Å². The number of alkyl halides is 3. The number of fused-ring (bicyclic) bond motifs is 6. The van der Waals surface area contributed by atoms with E-state index in [4.69, 9.17) is 4.52 Å². The number of halogens is 3. The third-order valence-electron chi connectivity index (χ3n) is 5.02. The standard InChI is InChI=1S/C18H11F3N6O/c19-18(20,21)10-2-1-3-11-12(10)15-22-6-7-26(15)17-13(23-8-27(11)17)14-24-16(28-25-14)9-4-5-9/h1-3,6-9H,4-5H2. The van der Waals surface area contributed by atoms with Gasteiger partial charge in [0.15, 0.2) is 11.3 Å². The lowest BCUT2D eigenvalue weighted by atomic mass is 10.1. The van der Waals surface area contributed by atoms with E-state index in [9.17, 15) is 13.2 Å². The van der Waals surface area contributed by atoms with Gasteiger partial charge in [0.25, 0.3) is 0 Å². The lowest BCUT2D eigenvalue weighted by molar-refractivity contribution is -0.136. The van der Waals surface area contributed by atoms with Gasteiger partial charge in [0.2, 0.25) is 11.7 Å². The van der Waals surface area contributed by atoms with Gasteiger partial charge in [-0.15, -0.1) is 0 Å². The Labute approximate surface area is 154 Å². The van der Waals surface area contributed by atoms with Crippen LogP contribution < -0.4 is 0 Å². The second-order valence-corrected chi connectivity index (χ2v) is 6.84. The van der Waals surface area contributed by atoms with Crippen LogP contribution in [0.2, 0.25) is 0 Å². The molecular formula is C18H11F3N6O. The largest absolute Gasteiger partial charge is 0.417 e. The summed E-state index contributed by atoms with van der Waals surface area (Å²) in [6.07, 6.45) is 2.06. The lowest BCUT2D eigenvalue weighted by Crippen LogP contribution is -2.08. The van der Waals surface area contributed by atoms with Gasteiger partial charge in [-0.3, -0.25) is 8.80 Å². The molecule has 6 rings (SSSR count). The van der Waals surface area contributed by atoms with Crippen molar-refractivity contribution < 1.29 is 17.7 Å². The van der Waals surface area contributed by atoms with E-state index in [1.54, 1.807) is 21.1 Å².